The maximum atomic E-state index is 11.2. The quantitative estimate of drug-likeness (QED) is 0.122. The van der Waals surface area contributed by atoms with E-state index in [2.05, 4.69) is 0 Å². The summed E-state index contributed by atoms with van der Waals surface area (Å²) in [7, 11) is 0. The third-order valence-electron chi connectivity index (χ3n) is 12.6. The summed E-state index contributed by atoms with van der Waals surface area (Å²) in [5.74, 6) is 0. The first kappa shape index (κ1) is 51.7. The van der Waals surface area contributed by atoms with Crippen molar-refractivity contribution in [3.8, 4) is 0 Å². The highest BCUT2D eigenvalue weighted by Gasteiger charge is 2.58. The maximum Gasteiger partial charge on any atom is 0.187 e. The SMILES string of the molecule is CC1OC2OC3C(CO)OC(OC4C(CO)OC(OC5C(CO)OC(OC6C(CO)OC(OC7C(CO)OC(OC1C(O)C2O)C(O)C7O)C(O)C6O)C(O)C5O)C(O)C4O)C(O)C3O. The van der Waals surface area contributed by atoms with Crippen molar-refractivity contribution in [3.05, 3.63) is 0 Å². The number of hydrogen-bond donors (Lipinski definition) is 17. The van der Waals surface area contributed by atoms with Crippen LogP contribution in [0.15, 0.2) is 0 Å². The molecule has 22 saturated heterocycles. The van der Waals surface area contributed by atoms with E-state index in [-0.39, 0.29) is 0 Å². The summed E-state index contributed by atoms with van der Waals surface area (Å²) in [5.41, 5.74) is 0. The van der Waals surface area contributed by atoms with E-state index in [0.717, 1.165) is 0 Å². The van der Waals surface area contributed by atoms with Gasteiger partial charge in [0.15, 0.2) is 37.7 Å². The minimum absolute atomic E-state index is 0.951. The fourth-order valence-corrected chi connectivity index (χ4v) is 8.90. The zero-order valence-corrected chi connectivity index (χ0v) is 34.4. The van der Waals surface area contributed by atoms with Crippen molar-refractivity contribution < 1.29 is 144 Å². The first-order chi connectivity index (χ1) is 30.9. The summed E-state index contributed by atoms with van der Waals surface area (Å²) in [6, 6.07) is 0. The van der Waals surface area contributed by atoms with Crippen LogP contribution in [0.5, 0.6) is 0 Å². The first-order valence-corrected chi connectivity index (χ1v) is 21.0. The van der Waals surface area contributed by atoms with Gasteiger partial charge in [0.05, 0.1) is 39.1 Å². The van der Waals surface area contributed by atoms with E-state index in [0.29, 0.717) is 0 Å². The summed E-state index contributed by atoms with van der Waals surface area (Å²) in [4.78, 5) is 0. The predicted octanol–water partition coefficient (Wildman–Crippen LogP) is -12.0. The van der Waals surface area contributed by atoms with E-state index >= 15 is 0 Å². The van der Waals surface area contributed by atoms with E-state index < -0.39 is 217 Å². The lowest BCUT2D eigenvalue weighted by molar-refractivity contribution is -0.403. The van der Waals surface area contributed by atoms with Crippen molar-refractivity contribution in [3.63, 3.8) is 0 Å². The largest absolute Gasteiger partial charge is 0.394 e. The number of hydrogen-bond acceptors (Lipinski definition) is 29. The normalized spacial score (nSPS) is 56.0. The summed E-state index contributed by atoms with van der Waals surface area (Å²) in [6.45, 7) is -3.53. The summed E-state index contributed by atoms with van der Waals surface area (Å²) < 4.78 is 68.2. The minimum Gasteiger partial charge on any atom is -0.394 e. The molecule has 0 amide bonds. The molecule has 22 rings (SSSR count). The molecule has 0 spiro atoms. The van der Waals surface area contributed by atoms with Gasteiger partial charge in [-0.2, -0.15) is 0 Å². The van der Waals surface area contributed by atoms with Crippen LogP contribution in [0.2, 0.25) is 0 Å². The Kier molecular flexibility index (Phi) is 17.1. The van der Waals surface area contributed by atoms with E-state index in [1.54, 1.807) is 0 Å². The van der Waals surface area contributed by atoms with Crippen molar-refractivity contribution >= 4 is 0 Å². The van der Waals surface area contributed by atoms with Crippen LogP contribution in [0.3, 0.4) is 0 Å². The van der Waals surface area contributed by atoms with E-state index in [1.807, 2.05) is 0 Å². The zero-order chi connectivity index (χ0) is 47.3. The van der Waals surface area contributed by atoms with Gasteiger partial charge in [-0.25, -0.2) is 0 Å². The Hall–Kier alpha value is -1.16. The molecule has 0 saturated carbocycles. The Morgan fingerprint density at radius 3 is 0.600 bits per heavy atom. The average Bonchev–Trinajstić information content (AvgIpc) is 3.29. The highest BCUT2D eigenvalue weighted by molar-refractivity contribution is 5.00. The van der Waals surface area contributed by atoms with Gasteiger partial charge in [0.2, 0.25) is 0 Å². The van der Waals surface area contributed by atoms with Gasteiger partial charge in [-0.1, -0.05) is 0 Å². The van der Waals surface area contributed by atoms with Gasteiger partial charge >= 0.3 is 0 Å². The van der Waals surface area contributed by atoms with Crippen LogP contribution in [0, 0.1) is 0 Å². The summed E-state index contributed by atoms with van der Waals surface area (Å²) >= 11 is 0. The standard InChI is InChI=1S/C36H60O29/c1-7-25-13(42)19(48)31(54-7)61-26-8(2-37)56-33(21(50)15(26)44)63-28-10(4-39)58-35(23(52)17(28)46)65-30-12(6-41)59-36(24(53)18(30)47)64-29-11(5-40)57-34(22(51)16(29)45)62-27-9(3-38)55-32(60-25)20(49)14(27)43/h7-53H,2-6H2,1H3. The minimum atomic E-state index is -2.13. The molecule has 29 nitrogen and oxygen atoms in total. The van der Waals surface area contributed by atoms with E-state index in [9.17, 15) is 86.8 Å². The maximum absolute atomic E-state index is 11.2. The second kappa shape index (κ2) is 21.5. The van der Waals surface area contributed by atoms with Crippen LogP contribution < -0.4 is 0 Å². The molecular formula is C36H60O29. The molecular weight excluding hydrogens is 896 g/mol. The summed E-state index contributed by atoms with van der Waals surface area (Å²) in [5, 5.41) is 185. The van der Waals surface area contributed by atoms with Gasteiger partial charge < -0.3 is 144 Å². The molecule has 65 heavy (non-hydrogen) atoms. The molecule has 29 heteroatoms. The third-order valence-corrected chi connectivity index (χ3v) is 12.6. The predicted molar refractivity (Wildman–Crippen MR) is 194 cm³/mol. The smallest absolute Gasteiger partial charge is 0.187 e. The van der Waals surface area contributed by atoms with Crippen molar-refractivity contribution in [1.29, 1.82) is 0 Å². The van der Waals surface area contributed by atoms with Gasteiger partial charge in [-0.05, 0) is 6.92 Å². The Labute approximate surface area is 367 Å². The van der Waals surface area contributed by atoms with Gasteiger partial charge in [-0.15, -0.1) is 0 Å². The van der Waals surface area contributed by atoms with Gasteiger partial charge in [0.25, 0.3) is 0 Å². The average molecular weight is 957 g/mol. The molecule has 0 aromatic carbocycles. The number of aliphatic hydroxyl groups is 17. The highest BCUT2D eigenvalue weighted by atomic mass is 16.8. The van der Waals surface area contributed by atoms with Crippen LogP contribution in [0.1, 0.15) is 6.92 Å². The van der Waals surface area contributed by atoms with Crippen molar-refractivity contribution in [2.24, 2.45) is 0 Å². The Morgan fingerprint density at radius 2 is 0.400 bits per heavy atom. The Balaban J connectivity index is 1.18. The van der Waals surface area contributed by atoms with Gasteiger partial charge in [-0.3, -0.25) is 0 Å². The fraction of sp³-hybridized carbons (Fsp3) is 1.00. The first-order valence-electron chi connectivity index (χ1n) is 21.0. The van der Waals surface area contributed by atoms with Crippen molar-refractivity contribution in [2.45, 2.75) is 191 Å². The molecule has 30 atom stereocenters. The Morgan fingerprint density at radius 1 is 0.231 bits per heavy atom. The molecule has 0 aromatic rings. The summed E-state index contributed by atoms with van der Waals surface area (Å²) in [6.07, 6.45) is -56.4. The Bertz CT molecular complexity index is 1490. The molecule has 22 aliphatic rings. The third kappa shape index (κ3) is 9.96. The molecule has 17 N–H and O–H groups in total. The molecule has 12 bridgehead atoms. The topological polar surface area (TPSA) is 455 Å². The monoisotopic (exact) mass is 956 g/mol. The van der Waals surface area contributed by atoms with Crippen LogP contribution in [-0.4, -0.2) is 304 Å². The molecule has 22 heterocycles. The van der Waals surface area contributed by atoms with E-state index in [1.165, 1.54) is 6.92 Å². The molecule has 0 radical (unpaired) electrons. The van der Waals surface area contributed by atoms with E-state index in [4.69, 9.17) is 56.8 Å². The lowest BCUT2D eigenvalue weighted by Crippen LogP contribution is -2.69. The molecule has 30 unspecified atom stereocenters. The second-order valence-corrected chi connectivity index (χ2v) is 16.8. The van der Waals surface area contributed by atoms with Crippen LogP contribution in [-0.2, 0) is 56.8 Å². The molecule has 22 aliphatic heterocycles. The zero-order valence-electron chi connectivity index (χ0n) is 34.4. The number of rotatable bonds is 5. The lowest BCUT2D eigenvalue weighted by atomic mass is 9.95. The molecule has 0 aromatic heterocycles. The van der Waals surface area contributed by atoms with Crippen molar-refractivity contribution in [2.75, 3.05) is 33.0 Å². The molecule has 0 aliphatic carbocycles. The fourth-order valence-electron chi connectivity index (χ4n) is 8.90. The second-order valence-electron chi connectivity index (χ2n) is 16.8. The lowest BCUT2D eigenvalue weighted by Gasteiger charge is -2.50. The van der Waals surface area contributed by atoms with Crippen LogP contribution in [0.4, 0.5) is 0 Å². The van der Waals surface area contributed by atoms with Gasteiger partial charge in [0.1, 0.15) is 140 Å². The van der Waals surface area contributed by atoms with Crippen LogP contribution >= 0.6 is 0 Å². The number of aliphatic hydroxyl groups excluding tert-OH is 17. The molecule has 22 fully saturated rings. The van der Waals surface area contributed by atoms with Crippen LogP contribution in [0.25, 0.3) is 0 Å². The highest BCUT2D eigenvalue weighted by Crippen LogP contribution is 2.38. The molecule has 378 valence electrons. The number of ether oxygens (including phenoxy) is 12. The van der Waals surface area contributed by atoms with Crippen molar-refractivity contribution in [1.82, 2.24) is 0 Å². The van der Waals surface area contributed by atoms with Gasteiger partial charge in [0, 0.05) is 0 Å².